The van der Waals surface area contributed by atoms with Gasteiger partial charge in [0.05, 0.1) is 11.2 Å². The summed E-state index contributed by atoms with van der Waals surface area (Å²) < 4.78 is 7.21. The Hall–Kier alpha value is -4.84. The highest BCUT2D eigenvalue weighted by Gasteiger charge is 2.33. The number of hydrogen-bond donors (Lipinski definition) is 1. The molecule has 2 aromatic carbocycles. The van der Waals surface area contributed by atoms with E-state index in [-0.39, 0.29) is 11.2 Å². The van der Waals surface area contributed by atoms with Gasteiger partial charge in [0.2, 0.25) is 0 Å². The summed E-state index contributed by atoms with van der Waals surface area (Å²) in [5.41, 5.74) is 4.39. The molecule has 1 aliphatic heterocycles. The second-order valence-electron chi connectivity index (χ2n) is 10.1. The Morgan fingerprint density at radius 2 is 1.80 bits per heavy atom. The molecular formula is C28H28N8O4. The van der Waals surface area contributed by atoms with E-state index in [9.17, 15) is 14.9 Å². The number of nitro groups is 1. The number of aromatic nitrogens is 5. The minimum atomic E-state index is -0.501. The fourth-order valence-corrected chi connectivity index (χ4v) is 5.29. The van der Waals surface area contributed by atoms with Crippen LogP contribution in [0.2, 0.25) is 0 Å². The lowest BCUT2D eigenvalue weighted by Gasteiger charge is -2.39. The predicted octanol–water partition coefficient (Wildman–Crippen LogP) is 3.59. The maximum atomic E-state index is 13.6. The number of H-pyrrole nitrogens is 1. The first-order chi connectivity index (χ1) is 19.4. The molecule has 0 spiro atoms. The molecule has 0 bridgehead atoms. The SMILES string of the molecule is Cc1cc2cc([C@@H](c3nnnn3Cc3ccco3)N3CCN(c4ccc([N+](=O)[O-])cc4)CC3)c(=O)[nH]c2cc1C. The molecule has 6 rings (SSSR count). The molecule has 1 saturated heterocycles. The number of nitrogens with zero attached hydrogens (tertiary/aromatic N) is 7. The van der Waals surface area contributed by atoms with Crippen molar-refractivity contribution in [3.63, 3.8) is 0 Å². The fraction of sp³-hybridized carbons (Fsp3) is 0.286. The zero-order chi connectivity index (χ0) is 27.8. The third-order valence-corrected chi connectivity index (χ3v) is 7.58. The second-order valence-corrected chi connectivity index (χ2v) is 10.1. The highest BCUT2D eigenvalue weighted by Crippen LogP contribution is 2.30. The van der Waals surface area contributed by atoms with E-state index in [2.05, 4.69) is 43.3 Å². The lowest BCUT2D eigenvalue weighted by atomic mass is 10.00. The number of aromatic amines is 1. The predicted molar refractivity (Wildman–Crippen MR) is 148 cm³/mol. The smallest absolute Gasteiger partial charge is 0.269 e. The number of rotatable bonds is 7. The van der Waals surface area contributed by atoms with Crippen molar-refractivity contribution in [3.05, 3.63) is 110 Å². The van der Waals surface area contributed by atoms with E-state index in [1.165, 1.54) is 12.1 Å². The van der Waals surface area contributed by atoms with Crippen LogP contribution >= 0.6 is 0 Å². The van der Waals surface area contributed by atoms with E-state index < -0.39 is 11.0 Å². The number of aryl methyl sites for hydroxylation is 2. The molecule has 12 nitrogen and oxygen atoms in total. The van der Waals surface area contributed by atoms with E-state index in [1.54, 1.807) is 23.1 Å². The van der Waals surface area contributed by atoms with Crippen LogP contribution in [0, 0.1) is 24.0 Å². The Bertz CT molecular complexity index is 1720. The zero-order valence-corrected chi connectivity index (χ0v) is 22.1. The number of anilines is 1. The Kier molecular flexibility index (Phi) is 6.60. The van der Waals surface area contributed by atoms with Crippen molar-refractivity contribution in [3.8, 4) is 0 Å². The monoisotopic (exact) mass is 540 g/mol. The number of benzene rings is 2. The molecule has 12 heteroatoms. The van der Waals surface area contributed by atoms with Crippen LogP contribution < -0.4 is 10.5 Å². The molecule has 5 aromatic rings. The lowest BCUT2D eigenvalue weighted by Crippen LogP contribution is -2.49. The molecule has 0 unspecified atom stereocenters. The number of non-ortho nitro benzene ring substituents is 1. The van der Waals surface area contributed by atoms with Crippen molar-refractivity contribution in [1.29, 1.82) is 0 Å². The molecule has 0 saturated carbocycles. The first-order valence-electron chi connectivity index (χ1n) is 13.0. The van der Waals surface area contributed by atoms with Gasteiger partial charge in [-0.25, -0.2) is 4.68 Å². The van der Waals surface area contributed by atoms with E-state index in [1.807, 2.05) is 31.2 Å². The molecule has 40 heavy (non-hydrogen) atoms. The minimum Gasteiger partial charge on any atom is -0.467 e. The van der Waals surface area contributed by atoms with Gasteiger partial charge in [0.25, 0.3) is 11.2 Å². The largest absolute Gasteiger partial charge is 0.467 e. The van der Waals surface area contributed by atoms with Gasteiger partial charge in [-0.15, -0.1) is 5.10 Å². The quantitative estimate of drug-likeness (QED) is 0.242. The summed E-state index contributed by atoms with van der Waals surface area (Å²) in [5, 5.41) is 24.6. The molecule has 1 aliphatic rings. The van der Waals surface area contributed by atoms with Crippen molar-refractivity contribution in [1.82, 2.24) is 30.1 Å². The van der Waals surface area contributed by atoms with Crippen LogP contribution in [-0.4, -0.2) is 61.2 Å². The minimum absolute atomic E-state index is 0.0619. The maximum absolute atomic E-state index is 13.6. The number of piperazine rings is 1. The van der Waals surface area contributed by atoms with Gasteiger partial charge in [0.1, 0.15) is 18.3 Å². The molecular weight excluding hydrogens is 512 g/mol. The average molecular weight is 541 g/mol. The van der Waals surface area contributed by atoms with E-state index in [4.69, 9.17) is 4.42 Å². The Balaban J connectivity index is 1.36. The van der Waals surface area contributed by atoms with Crippen molar-refractivity contribution in [2.24, 2.45) is 0 Å². The van der Waals surface area contributed by atoms with Crippen LogP contribution in [0.25, 0.3) is 10.9 Å². The van der Waals surface area contributed by atoms with Gasteiger partial charge in [-0.3, -0.25) is 19.8 Å². The van der Waals surface area contributed by atoms with Crippen LogP contribution in [-0.2, 0) is 6.54 Å². The third kappa shape index (κ3) is 4.84. The molecule has 204 valence electrons. The molecule has 1 fully saturated rings. The van der Waals surface area contributed by atoms with E-state index in [0.29, 0.717) is 49.9 Å². The summed E-state index contributed by atoms with van der Waals surface area (Å²) in [6, 6.07) is 15.8. The molecule has 0 radical (unpaired) electrons. The van der Waals surface area contributed by atoms with Crippen LogP contribution in [0.3, 0.4) is 0 Å². The van der Waals surface area contributed by atoms with Crippen molar-refractivity contribution >= 4 is 22.3 Å². The van der Waals surface area contributed by atoms with Gasteiger partial charge < -0.3 is 14.3 Å². The third-order valence-electron chi connectivity index (χ3n) is 7.58. The first kappa shape index (κ1) is 25.4. The van der Waals surface area contributed by atoms with Crippen molar-refractivity contribution in [2.45, 2.75) is 26.4 Å². The number of furan rings is 1. The summed E-state index contributed by atoms with van der Waals surface area (Å²) in [7, 11) is 0. The molecule has 0 amide bonds. The Morgan fingerprint density at radius 3 is 2.50 bits per heavy atom. The van der Waals surface area contributed by atoms with Crippen LogP contribution in [0.4, 0.5) is 11.4 Å². The van der Waals surface area contributed by atoms with Gasteiger partial charge in [-0.2, -0.15) is 0 Å². The summed E-state index contributed by atoms with van der Waals surface area (Å²) in [5.74, 6) is 1.25. The van der Waals surface area contributed by atoms with Gasteiger partial charge in [-0.1, -0.05) is 0 Å². The number of hydrogen-bond acceptors (Lipinski definition) is 9. The molecule has 0 aliphatic carbocycles. The molecule has 1 atom stereocenters. The number of nitro benzene ring substituents is 1. The fourth-order valence-electron chi connectivity index (χ4n) is 5.29. The summed E-state index contributed by atoms with van der Waals surface area (Å²) in [6.45, 7) is 6.99. The maximum Gasteiger partial charge on any atom is 0.269 e. The Labute approximate surface area is 229 Å². The summed E-state index contributed by atoms with van der Waals surface area (Å²) in [4.78, 5) is 31.7. The highest BCUT2D eigenvalue weighted by molar-refractivity contribution is 5.81. The van der Waals surface area contributed by atoms with Gasteiger partial charge in [0.15, 0.2) is 5.82 Å². The van der Waals surface area contributed by atoms with Crippen LogP contribution in [0.15, 0.2) is 70.1 Å². The molecule has 1 N–H and O–H groups in total. The topological polar surface area (TPSA) is 139 Å². The standard InChI is InChI=1S/C28H28N8O4/c1-18-14-20-16-24(28(37)29-25(20)15-19(18)2)26(27-30-31-32-35(27)17-23-4-3-13-40-23)34-11-9-33(10-12-34)21-5-7-22(8-6-21)36(38)39/h3-8,13-16,26H,9-12,17H2,1-2H3,(H,29,37)/t26-/m0/s1. The van der Waals surface area contributed by atoms with E-state index >= 15 is 0 Å². The first-order valence-corrected chi connectivity index (χ1v) is 13.0. The normalized spacial score (nSPS) is 15.0. The highest BCUT2D eigenvalue weighted by atomic mass is 16.6. The zero-order valence-electron chi connectivity index (χ0n) is 22.1. The van der Waals surface area contributed by atoms with Gasteiger partial charge >= 0.3 is 0 Å². The van der Waals surface area contributed by atoms with Gasteiger partial charge in [0, 0.05) is 55.1 Å². The number of tetrazole rings is 1. The van der Waals surface area contributed by atoms with Crippen molar-refractivity contribution in [2.75, 3.05) is 31.1 Å². The molecule has 3 aromatic heterocycles. The number of nitrogens with one attached hydrogen (secondary N) is 1. The van der Waals surface area contributed by atoms with E-state index in [0.717, 1.165) is 27.7 Å². The van der Waals surface area contributed by atoms with Crippen LogP contribution in [0.1, 0.15) is 34.3 Å². The molecule has 4 heterocycles. The van der Waals surface area contributed by atoms with Crippen molar-refractivity contribution < 1.29 is 9.34 Å². The number of pyridine rings is 1. The lowest BCUT2D eigenvalue weighted by molar-refractivity contribution is -0.384. The summed E-state index contributed by atoms with van der Waals surface area (Å²) in [6.07, 6.45) is 1.60. The Morgan fingerprint density at radius 1 is 1.05 bits per heavy atom. The van der Waals surface area contributed by atoms with Crippen LogP contribution in [0.5, 0.6) is 0 Å². The second kappa shape index (κ2) is 10.4. The average Bonchev–Trinajstić information content (AvgIpc) is 3.64. The summed E-state index contributed by atoms with van der Waals surface area (Å²) >= 11 is 0. The number of fused-ring (bicyclic) bond motifs is 1. The van der Waals surface area contributed by atoms with Gasteiger partial charge in [-0.05, 0) is 83.3 Å².